The van der Waals surface area contributed by atoms with Crippen LogP contribution in [0.3, 0.4) is 0 Å². The minimum Gasteiger partial charge on any atom is -0.497 e. The van der Waals surface area contributed by atoms with Gasteiger partial charge in [-0.25, -0.2) is 9.98 Å². The fourth-order valence-corrected chi connectivity index (χ4v) is 1.78. The normalized spacial score (nSPS) is 17.5. The van der Waals surface area contributed by atoms with E-state index in [9.17, 15) is 0 Å². The van der Waals surface area contributed by atoms with Gasteiger partial charge >= 0.3 is 0 Å². The molecule has 0 amide bonds. The van der Waals surface area contributed by atoms with Gasteiger partial charge in [0.05, 0.1) is 7.11 Å². The summed E-state index contributed by atoms with van der Waals surface area (Å²) in [6.07, 6.45) is -0.452. The van der Waals surface area contributed by atoms with Crippen LogP contribution in [-0.4, -0.2) is 39.7 Å². The second-order valence-electron chi connectivity index (χ2n) is 4.12. The van der Waals surface area contributed by atoms with Crippen molar-refractivity contribution in [1.82, 2.24) is 25.9 Å². The monoisotopic (exact) mass is 287 g/mol. The van der Waals surface area contributed by atoms with E-state index in [-0.39, 0.29) is 11.9 Å². The molecule has 1 aromatic carbocycles. The summed E-state index contributed by atoms with van der Waals surface area (Å²) in [7, 11) is 1.61. The molecule has 0 fully saturated rings. The number of nitrogens with one attached hydrogen (secondary N) is 3. The number of nitrogens with zero attached hydrogens (tertiary/aromatic N) is 5. The second-order valence-corrected chi connectivity index (χ2v) is 4.12. The molecule has 0 aliphatic carbocycles. The molecule has 2 heterocycles. The van der Waals surface area contributed by atoms with Crippen LogP contribution in [0.5, 0.6) is 5.75 Å². The molecule has 1 aromatic heterocycles. The lowest BCUT2D eigenvalue weighted by atomic mass is 10.1. The van der Waals surface area contributed by atoms with E-state index in [1.165, 1.54) is 0 Å². The highest BCUT2D eigenvalue weighted by Gasteiger charge is 2.17. The van der Waals surface area contributed by atoms with E-state index in [4.69, 9.17) is 10.5 Å². The Morgan fingerprint density at radius 2 is 2.05 bits per heavy atom. The van der Waals surface area contributed by atoms with Gasteiger partial charge in [0.25, 0.3) is 5.95 Å². The molecule has 10 nitrogen and oxygen atoms in total. The van der Waals surface area contributed by atoms with E-state index in [1.807, 2.05) is 24.3 Å². The molecule has 0 saturated carbocycles. The molecule has 10 heteroatoms. The maximum atomic E-state index is 5.77. The Morgan fingerprint density at radius 3 is 2.71 bits per heavy atom. The van der Waals surface area contributed by atoms with Crippen LogP contribution >= 0.6 is 0 Å². The highest BCUT2D eigenvalue weighted by atomic mass is 16.5. The molecular weight excluding hydrogens is 274 g/mol. The lowest BCUT2D eigenvalue weighted by molar-refractivity contribution is 0.414. The summed E-state index contributed by atoms with van der Waals surface area (Å²) in [5, 5.41) is 19.0. The van der Waals surface area contributed by atoms with E-state index < -0.39 is 6.17 Å². The summed E-state index contributed by atoms with van der Waals surface area (Å²) >= 11 is 0. The lowest BCUT2D eigenvalue weighted by Crippen LogP contribution is -2.43. The minimum atomic E-state index is -0.452. The first-order valence-corrected chi connectivity index (χ1v) is 6.07. The predicted molar refractivity (Wildman–Crippen MR) is 75.7 cm³/mol. The van der Waals surface area contributed by atoms with Crippen molar-refractivity contribution in [3.8, 4) is 5.75 Å². The first-order chi connectivity index (χ1) is 10.2. The Morgan fingerprint density at radius 1 is 1.24 bits per heavy atom. The Bertz CT molecular complexity index is 662. The minimum absolute atomic E-state index is 0.247. The molecule has 3 rings (SSSR count). The number of tetrazole rings is 1. The van der Waals surface area contributed by atoms with E-state index in [0.29, 0.717) is 5.96 Å². The number of rotatable bonds is 3. The lowest BCUT2D eigenvalue weighted by Gasteiger charge is -2.19. The van der Waals surface area contributed by atoms with Crippen LogP contribution in [0.2, 0.25) is 0 Å². The Labute approximate surface area is 119 Å². The van der Waals surface area contributed by atoms with Crippen LogP contribution in [0.15, 0.2) is 34.3 Å². The summed E-state index contributed by atoms with van der Waals surface area (Å²) in [6.45, 7) is 0. The van der Waals surface area contributed by atoms with Gasteiger partial charge in [0, 0.05) is 0 Å². The van der Waals surface area contributed by atoms with Crippen molar-refractivity contribution in [2.24, 2.45) is 15.7 Å². The average molecular weight is 287 g/mol. The maximum absolute atomic E-state index is 5.77. The van der Waals surface area contributed by atoms with Gasteiger partial charge in [0.15, 0.2) is 12.1 Å². The van der Waals surface area contributed by atoms with Crippen molar-refractivity contribution in [3.63, 3.8) is 0 Å². The quantitative estimate of drug-likeness (QED) is 0.602. The highest BCUT2D eigenvalue weighted by Crippen LogP contribution is 2.23. The molecule has 108 valence electrons. The first kappa shape index (κ1) is 12.8. The first-order valence-electron chi connectivity index (χ1n) is 6.07. The van der Waals surface area contributed by atoms with Crippen LogP contribution in [0.25, 0.3) is 0 Å². The van der Waals surface area contributed by atoms with Crippen LogP contribution in [0.4, 0.5) is 5.95 Å². The van der Waals surface area contributed by atoms with Gasteiger partial charge in [0.2, 0.25) is 5.96 Å². The molecule has 0 saturated heterocycles. The molecule has 1 unspecified atom stereocenters. The number of ether oxygens (including phenoxy) is 1. The number of hydrogen-bond acceptors (Lipinski definition) is 9. The molecule has 5 N–H and O–H groups in total. The number of benzene rings is 1. The molecule has 1 aliphatic rings. The zero-order valence-corrected chi connectivity index (χ0v) is 11.1. The largest absolute Gasteiger partial charge is 0.497 e. The zero-order valence-electron chi connectivity index (χ0n) is 11.1. The smallest absolute Gasteiger partial charge is 0.269 e. The van der Waals surface area contributed by atoms with Gasteiger partial charge in [-0.05, 0) is 22.9 Å². The fourth-order valence-electron chi connectivity index (χ4n) is 1.78. The number of nitrogens with two attached hydrogens (primary N) is 1. The molecule has 0 spiro atoms. The predicted octanol–water partition coefficient (Wildman–Crippen LogP) is -0.407. The van der Waals surface area contributed by atoms with Crippen LogP contribution in [-0.2, 0) is 0 Å². The van der Waals surface area contributed by atoms with Crippen molar-refractivity contribution in [2.75, 3.05) is 12.4 Å². The molecular formula is C11H13N9O. The number of H-pyrrole nitrogens is 1. The van der Waals surface area contributed by atoms with Crippen molar-refractivity contribution in [3.05, 3.63) is 29.8 Å². The molecule has 0 bridgehead atoms. The molecule has 21 heavy (non-hydrogen) atoms. The zero-order chi connectivity index (χ0) is 14.7. The average Bonchev–Trinajstić information content (AvgIpc) is 2.99. The Balaban J connectivity index is 1.82. The summed E-state index contributed by atoms with van der Waals surface area (Å²) in [5.74, 6) is 1.68. The van der Waals surface area contributed by atoms with Gasteiger partial charge in [-0.1, -0.05) is 17.2 Å². The van der Waals surface area contributed by atoms with Gasteiger partial charge < -0.3 is 10.5 Å². The standard InChI is InChI=1S/C11H13N9O/c1-21-7-4-2-6(3-5-7)8-13-9(12)15-10(14-8)16-11-17-19-20-18-11/h2-5,8H,1H3,(H5,12,13,14,15,16,17,18,19,20). The summed E-state index contributed by atoms with van der Waals surface area (Å²) in [5.41, 5.74) is 6.65. The molecule has 1 atom stereocenters. The maximum Gasteiger partial charge on any atom is 0.269 e. The third-order valence-corrected chi connectivity index (χ3v) is 2.75. The summed E-state index contributed by atoms with van der Waals surface area (Å²) < 4.78 is 5.12. The van der Waals surface area contributed by atoms with Crippen molar-refractivity contribution >= 4 is 17.9 Å². The van der Waals surface area contributed by atoms with Gasteiger partial charge in [-0.15, -0.1) is 5.10 Å². The van der Waals surface area contributed by atoms with Crippen LogP contribution in [0.1, 0.15) is 11.7 Å². The van der Waals surface area contributed by atoms with Crippen LogP contribution < -0.4 is 21.1 Å². The molecule has 1 aliphatic heterocycles. The van der Waals surface area contributed by atoms with E-state index in [0.717, 1.165) is 11.3 Å². The number of hydrogen-bond donors (Lipinski definition) is 4. The number of aromatic nitrogens is 4. The van der Waals surface area contributed by atoms with Crippen LogP contribution in [0, 0.1) is 0 Å². The highest BCUT2D eigenvalue weighted by molar-refractivity contribution is 6.05. The topological polar surface area (TPSA) is 138 Å². The van der Waals surface area contributed by atoms with E-state index in [2.05, 4.69) is 41.2 Å². The number of aromatic amines is 1. The van der Waals surface area contributed by atoms with Gasteiger partial charge in [-0.3, -0.25) is 10.6 Å². The Hall–Kier alpha value is -3.17. The number of anilines is 1. The second kappa shape index (κ2) is 5.45. The number of guanidine groups is 2. The van der Waals surface area contributed by atoms with E-state index >= 15 is 0 Å². The van der Waals surface area contributed by atoms with Gasteiger partial charge in [0.1, 0.15) is 5.75 Å². The summed E-state index contributed by atoms with van der Waals surface area (Å²) in [6, 6.07) is 7.43. The summed E-state index contributed by atoms with van der Waals surface area (Å²) in [4.78, 5) is 8.64. The van der Waals surface area contributed by atoms with Crippen molar-refractivity contribution in [2.45, 2.75) is 6.17 Å². The van der Waals surface area contributed by atoms with Gasteiger partial charge in [-0.2, -0.15) is 5.21 Å². The Kier molecular flexibility index (Phi) is 3.33. The number of methoxy groups -OCH3 is 1. The van der Waals surface area contributed by atoms with E-state index in [1.54, 1.807) is 7.11 Å². The third kappa shape index (κ3) is 2.88. The molecule has 2 aromatic rings. The van der Waals surface area contributed by atoms with Crippen molar-refractivity contribution < 1.29 is 4.74 Å². The fraction of sp³-hybridized carbons (Fsp3) is 0.182. The SMILES string of the molecule is COc1ccc(C2N=C(N)NC(Nc3nn[nH]n3)=N2)cc1. The third-order valence-electron chi connectivity index (χ3n) is 2.75. The van der Waals surface area contributed by atoms with Crippen molar-refractivity contribution in [1.29, 1.82) is 0 Å². The number of aliphatic imine (C=N–C) groups is 2. The molecule has 0 radical (unpaired) electrons.